The van der Waals surface area contributed by atoms with Gasteiger partial charge in [-0.15, -0.1) is 0 Å². The van der Waals surface area contributed by atoms with E-state index in [4.69, 9.17) is 10.9 Å². The molecule has 9 heteroatoms. The summed E-state index contributed by atoms with van der Waals surface area (Å²) in [7, 11) is -7.02. The summed E-state index contributed by atoms with van der Waals surface area (Å²) in [6.45, 7) is 0.301. The Morgan fingerprint density at radius 1 is 1.05 bits per heavy atom. The van der Waals surface area contributed by atoms with Gasteiger partial charge in [0, 0.05) is 13.1 Å². The van der Waals surface area contributed by atoms with Crippen LogP contribution in [0.5, 0.6) is 0 Å². The molecule has 0 bridgehead atoms. The lowest BCUT2D eigenvalue weighted by Crippen LogP contribution is -2.31. The van der Waals surface area contributed by atoms with E-state index in [9.17, 15) is 16.8 Å². The third-order valence-electron chi connectivity index (χ3n) is 2.37. The fraction of sp³-hybridized carbons (Fsp3) is 0.400. The molecule has 0 saturated heterocycles. The summed E-state index contributed by atoms with van der Waals surface area (Å²) >= 11 is 0. The first-order valence-corrected chi connectivity index (χ1v) is 8.73. The highest BCUT2D eigenvalue weighted by Crippen LogP contribution is 2.08. The molecule has 7 nitrogen and oxygen atoms in total. The Balaban J connectivity index is 2.56. The molecular weight excluding hydrogens is 290 g/mol. The molecule has 19 heavy (non-hydrogen) atoms. The van der Waals surface area contributed by atoms with Crippen molar-refractivity contribution >= 4 is 20.0 Å². The van der Waals surface area contributed by atoms with Crippen molar-refractivity contribution in [2.24, 2.45) is 10.9 Å². The number of hydrogen-bond donors (Lipinski definition) is 3. The first kappa shape index (κ1) is 16.1. The Bertz CT molecular complexity index is 609. The summed E-state index contributed by atoms with van der Waals surface area (Å²) in [6.07, 6.45) is 0.453. The van der Waals surface area contributed by atoms with Crippen molar-refractivity contribution in [1.29, 1.82) is 0 Å². The summed E-state index contributed by atoms with van der Waals surface area (Å²) in [5, 5.41) is 4.97. The second-order valence-electron chi connectivity index (χ2n) is 3.94. The third-order valence-corrected chi connectivity index (χ3v) is 4.72. The van der Waals surface area contributed by atoms with Gasteiger partial charge in [-0.1, -0.05) is 12.1 Å². The molecule has 0 unspecified atom stereocenters. The van der Waals surface area contributed by atoms with Crippen LogP contribution in [0.3, 0.4) is 0 Å². The standard InChI is InChI=1S/C10H17N3O4S2/c11-6-8-18(14,15)13-7-5-9-1-3-10(4-2-9)19(12,16)17/h1-4,13H,5-8,11H2,(H2,12,16,17). The number of sulfonamides is 2. The van der Waals surface area contributed by atoms with Crippen LogP contribution in [0.15, 0.2) is 29.2 Å². The van der Waals surface area contributed by atoms with Gasteiger partial charge in [-0.05, 0) is 24.1 Å². The quantitative estimate of drug-likeness (QED) is 0.579. The maximum atomic E-state index is 11.3. The van der Waals surface area contributed by atoms with E-state index in [2.05, 4.69) is 4.72 Å². The Kier molecular flexibility index (Phi) is 5.44. The van der Waals surface area contributed by atoms with Gasteiger partial charge in [0.05, 0.1) is 10.6 Å². The summed E-state index contributed by atoms with van der Waals surface area (Å²) in [5.74, 6) is -0.114. The van der Waals surface area contributed by atoms with Gasteiger partial charge >= 0.3 is 0 Å². The van der Waals surface area contributed by atoms with E-state index >= 15 is 0 Å². The zero-order valence-corrected chi connectivity index (χ0v) is 11.9. The second-order valence-corrected chi connectivity index (χ2v) is 7.43. The SMILES string of the molecule is NCCS(=O)(=O)NCCc1ccc(S(N)(=O)=O)cc1. The topological polar surface area (TPSA) is 132 Å². The number of primary sulfonamides is 1. The van der Waals surface area contributed by atoms with Crippen molar-refractivity contribution < 1.29 is 16.8 Å². The summed E-state index contributed by atoms with van der Waals surface area (Å²) in [6, 6.07) is 5.96. The molecule has 0 radical (unpaired) electrons. The van der Waals surface area contributed by atoms with E-state index < -0.39 is 20.0 Å². The molecule has 0 spiro atoms. The highest BCUT2D eigenvalue weighted by atomic mass is 32.2. The zero-order valence-electron chi connectivity index (χ0n) is 10.2. The molecule has 0 fully saturated rings. The minimum Gasteiger partial charge on any atom is -0.329 e. The van der Waals surface area contributed by atoms with Gasteiger partial charge in [-0.3, -0.25) is 0 Å². The number of rotatable bonds is 7. The van der Waals surface area contributed by atoms with Crippen LogP contribution in [0.4, 0.5) is 0 Å². The lowest BCUT2D eigenvalue weighted by atomic mass is 10.2. The first-order chi connectivity index (χ1) is 8.74. The molecule has 0 aliphatic rings. The molecule has 0 saturated carbocycles. The van der Waals surface area contributed by atoms with E-state index in [0.29, 0.717) is 6.42 Å². The Morgan fingerprint density at radius 3 is 2.11 bits per heavy atom. The molecule has 0 aromatic heterocycles. The van der Waals surface area contributed by atoms with Crippen LogP contribution in [0, 0.1) is 0 Å². The van der Waals surface area contributed by atoms with Crippen LogP contribution in [-0.4, -0.2) is 35.7 Å². The molecule has 1 aromatic rings. The van der Waals surface area contributed by atoms with Crippen molar-refractivity contribution in [3.05, 3.63) is 29.8 Å². The number of hydrogen-bond acceptors (Lipinski definition) is 5. The largest absolute Gasteiger partial charge is 0.329 e. The van der Waals surface area contributed by atoms with Crippen molar-refractivity contribution in [2.75, 3.05) is 18.8 Å². The number of nitrogens with two attached hydrogens (primary N) is 2. The van der Waals surface area contributed by atoms with E-state index in [0.717, 1.165) is 5.56 Å². The Labute approximate surface area is 113 Å². The lowest BCUT2D eigenvalue weighted by Gasteiger charge is -2.06. The van der Waals surface area contributed by atoms with Crippen LogP contribution >= 0.6 is 0 Å². The van der Waals surface area contributed by atoms with E-state index in [1.807, 2.05) is 0 Å². The normalized spacial score (nSPS) is 12.5. The molecule has 108 valence electrons. The average Bonchev–Trinajstić information content (AvgIpc) is 2.28. The molecule has 0 aliphatic heterocycles. The maximum Gasteiger partial charge on any atom is 0.238 e. The molecule has 1 rings (SSSR count). The van der Waals surface area contributed by atoms with E-state index in [-0.39, 0.29) is 23.7 Å². The van der Waals surface area contributed by atoms with E-state index in [1.165, 1.54) is 12.1 Å². The van der Waals surface area contributed by atoms with Gasteiger partial charge in [0.1, 0.15) is 0 Å². The summed E-state index contributed by atoms with van der Waals surface area (Å²) in [4.78, 5) is 0.0277. The Hall–Kier alpha value is -1.00. The van der Waals surface area contributed by atoms with Crippen LogP contribution in [0.25, 0.3) is 0 Å². The molecule has 5 N–H and O–H groups in total. The van der Waals surface area contributed by atoms with Crippen LogP contribution in [0.2, 0.25) is 0 Å². The van der Waals surface area contributed by atoms with Crippen LogP contribution in [0.1, 0.15) is 5.56 Å². The van der Waals surface area contributed by atoms with Gasteiger partial charge < -0.3 is 5.73 Å². The fourth-order valence-electron chi connectivity index (χ4n) is 1.42. The molecule has 0 aliphatic carbocycles. The van der Waals surface area contributed by atoms with E-state index in [1.54, 1.807) is 12.1 Å². The molecular formula is C10H17N3O4S2. The predicted molar refractivity (Wildman–Crippen MR) is 72.4 cm³/mol. The maximum absolute atomic E-state index is 11.3. The van der Waals surface area contributed by atoms with Gasteiger partial charge in [0.15, 0.2) is 0 Å². The highest BCUT2D eigenvalue weighted by molar-refractivity contribution is 7.89. The number of benzene rings is 1. The van der Waals surface area contributed by atoms with Crippen molar-refractivity contribution in [1.82, 2.24) is 4.72 Å². The monoisotopic (exact) mass is 307 g/mol. The molecule has 0 atom stereocenters. The van der Waals surface area contributed by atoms with Crippen molar-refractivity contribution in [3.63, 3.8) is 0 Å². The minimum absolute atomic E-state index is 0.0277. The smallest absolute Gasteiger partial charge is 0.238 e. The Morgan fingerprint density at radius 2 is 1.63 bits per heavy atom. The van der Waals surface area contributed by atoms with Gasteiger partial charge in [-0.2, -0.15) is 0 Å². The molecule has 0 heterocycles. The van der Waals surface area contributed by atoms with Crippen molar-refractivity contribution in [3.8, 4) is 0 Å². The van der Waals surface area contributed by atoms with Gasteiger partial charge in [-0.25, -0.2) is 26.7 Å². The number of nitrogens with one attached hydrogen (secondary N) is 1. The predicted octanol–water partition coefficient (Wildman–Crippen LogP) is -1.25. The summed E-state index contributed by atoms with van der Waals surface area (Å²) < 4.78 is 47.1. The third kappa shape index (κ3) is 5.66. The second kappa shape index (κ2) is 6.44. The molecule has 0 amide bonds. The fourth-order valence-corrected chi connectivity index (χ4v) is 2.81. The van der Waals surface area contributed by atoms with Gasteiger partial charge in [0.25, 0.3) is 0 Å². The lowest BCUT2D eigenvalue weighted by molar-refractivity contribution is 0.581. The van der Waals surface area contributed by atoms with Crippen LogP contribution < -0.4 is 15.6 Å². The zero-order chi connectivity index (χ0) is 14.5. The van der Waals surface area contributed by atoms with Crippen molar-refractivity contribution in [2.45, 2.75) is 11.3 Å². The van der Waals surface area contributed by atoms with Gasteiger partial charge in [0.2, 0.25) is 20.0 Å². The highest BCUT2D eigenvalue weighted by Gasteiger charge is 2.09. The first-order valence-electron chi connectivity index (χ1n) is 5.54. The average molecular weight is 307 g/mol. The summed E-state index contributed by atoms with van der Waals surface area (Å²) in [5.41, 5.74) is 5.98. The molecule has 1 aromatic carbocycles. The minimum atomic E-state index is -3.70. The van der Waals surface area contributed by atoms with Crippen LogP contribution in [-0.2, 0) is 26.5 Å².